The minimum absolute atomic E-state index is 0.485. The van der Waals surface area contributed by atoms with Crippen molar-refractivity contribution >= 4 is 8.07 Å². The van der Waals surface area contributed by atoms with Gasteiger partial charge in [-0.15, -0.1) is 12.1 Å². The Morgan fingerprint density at radius 2 is 1.86 bits per heavy atom. The minimum Gasteiger partial charge on any atom is -0.289 e. The molecule has 1 saturated heterocycles. The highest BCUT2D eigenvalue weighted by atomic mass is 28.3. The summed E-state index contributed by atoms with van der Waals surface area (Å²) in [6.45, 7) is 11.0. The summed E-state index contributed by atoms with van der Waals surface area (Å²) in [7, 11) is 1.06. The van der Waals surface area contributed by atoms with Crippen LogP contribution < -0.4 is 0 Å². The van der Waals surface area contributed by atoms with Crippen molar-refractivity contribution in [2.75, 3.05) is 7.05 Å². The van der Waals surface area contributed by atoms with Gasteiger partial charge >= 0.3 is 0 Å². The molecule has 1 aliphatic carbocycles. The van der Waals surface area contributed by atoms with Gasteiger partial charge in [-0.25, -0.2) is 0 Å². The fourth-order valence-corrected chi connectivity index (χ4v) is 4.89. The minimum atomic E-state index is -1.28. The molecule has 1 heterocycles. The highest BCUT2D eigenvalue weighted by molar-refractivity contribution is 6.83. The molecule has 0 radical (unpaired) electrons. The largest absolute Gasteiger partial charge is 0.289 e. The van der Waals surface area contributed by atoms with Gasteiger partial charge in [0.05, 0.1) is 6.04 Å². The first kappa shape index (κ1) is 17.8. The van der Waals surface area contributed by atoms with Crippen LogP contribution >= 0.6 is 0 Å². The van der Waals surface area contributed by atoms with E-state index >= 15 is 0 Å². The molecule has 0 aromatic heterocycles. The molecule has 2 aliphatic rings. The highest BCUT2D eigenvalue weighted by Gasteiger charge is 2.41. The molecule has 2 heteroatoms. The van der Waals surface area contributed by atoms with Crippen LogP contribution in [0.5, 0.6) is 0 Å². The summed E-state index contributed by atoms with van der Waals surface area (Å²) in [5.74, 6) is 5.37. The first-order valence-corrected chi connectivity index (χ1v) is 12.8. The second-order valence-electron chi connectivity index (χ2n) is 8.46. The van der Waals surface area contributed by atoms with Crippen LogP contribution in [0.25, 0.3) is 0 Å². The predicted octanol–water partition coefficient (Wildman–Crippen LogP) is 5.10. The molecule has 0 amide bonds. The Labute approximate surface area is 139 Å². The van der Waals surface area contributed by atoms with E-state index in [-0.39, 0.29) is 0 Å². The number of hydrogen-bond acceptors (Lipinski definition) is 1. The Morgan fingerprint density at radius 1 is 1.18 bits per heavy atom. The SMILES string of the molecule is C=CCC[C@@H]1C[C@@H](C2CCCCC2)N(C)[C@@H]1C#C[Si](C)(C)C. The molecule has 124 valence electrons. The van der Waals surface area contributed by atoms with Gasteiger partial charge in [0, 0.05) is 6.04 Å². The third kappa shape index (κ3) is 4.73. The Balaban J connectivity index is 2.11. The first-order valence-electron chi connectivity index (χ1n) is 9.28. The Morgan fingerprint density at radius 3 is 2.45 bits per heavy atom. The molecular formula is C20H35NSi. The van der Waals surface area contributed by atoms with E-state index in [1.807, 2.05) is 0 Å². The third-order valence-electron chi connectivity index (χ3n) is 5.48. The quantitative estimate of drug-likeness (QED) is 0.396. The normalized spacial score (nSPS) is 30.8. The molecule has 1 saturated carbocycles. The zero-order valence-electron chi connectivity index (χ0n) is 15.2. The third-order valence-corrected chi connectivity index (χ3v) is 6.38. The summed E-state index contributed by atoms with van der Waals surface area (Å²) in [5.41, 5.74) is 3.65. The number of rotatable bonds is 4. The van der Waals surface area contributed by atoms with Gasteiger partial charge < -0.3 is 0 Å². The van der Waals surface area contributed by atoms with E-state index in [1.54, 1.807) is 0 Å². The van der Waals surface area contributed by atoms with Gasteiger partial charge in [0.15, 0.2) is 0 Å². The van der Waals surface area contributed by atoms with Crippen LogP contribution in [-0.4, -0.2) is 32.1 Å². The maximum atomic E-state index is 3.92. The van der Waals surface area contributed by atoms with Crippen LogP contribution in [0, 0.1) is 23.3 Å². The Hall–Kier alpha value is -0.523. The van der Waals surface area contributed by atoms with Crippen molar-refractivity contribution in [3.05, 3.63) is 12.7 Å². The molecular weight excluding hydrogens is 282 g/mol. The van der Waals surface area contributed by atoms with Crippen LogP contribution in [0.1, 0.15) is 51.4 Å². The van der Waals surface area contributed by atoms with Gasteiger partial charge in [0.2, 0.25) is 0 Å². The maximum absolute atomic E-state index is 3.92. The summed E-state index contributed by atoms with van der Waals surface area (Å²) in [5, 5.41) is 0. The molecule has 0 aromatic rings. The van der Waals surface area contributed by atoms with Crippen LogP contribution in [0.4, 0.5) is 0 Å². The van der Waals surface area contributed by atoms with Crippen molar-refractivity contribution in [2.24, 2.45) is 11.8 Å². The zero-order valence-corrected chi connectivity index (χ0v) is 16.2. The van der Waals surface area contributed by atoms with E-state index in [1.165, 1.54) is 44.9 Å². The smallest absolute Gasteiger partial charge is 0.129 e. The number of nitrogens with zero attached hydrogens (tertiary/aromatic N) is 1. The monoisotopic (exact) mass is 317 g/mol. The van der Waals surface area contributed by atoms with E-state index in [0.29, 0.717) is 6.04 Å². The van der Waals surface area contributed by atoms with Crippen LogP contribution in [0.2, 0.25) is 19.6 Å². The van der Waals surface area contributed by atoms with Crippen molar-refractivity contribution in [3.63, 3.8) is 0 Å². The number of likely N-dealkylation sites (tertiary alicyclic amines) is 1. The van der Waals surface area contributed by atoms with Crippen molar-refractivity contribution in [2.45, 2.75) is 83.1 Å². The first-order chi connectivity index (χ1) is 10.4. The molecule has 0 spiro atoms. The van der Waals surface area contributed by atoms with Gasteiger partial charge in [-0.1, -0.05) is 50.9 Å². The van der Waals surface area contributed by atoms with Gasteiger partial charge in [-0.05, 0) is 51.0 Å². The number of hydrogen-bond donors (Lipinski definition) is 0. The van der Waals surface area contributed by atoms with E-state index in [9.17, 15) is 0 Å². The Kier molecular flexibility index (Phi) is 6.35. The number of allylic oxidation sites excluding steroid dienone is 1. The van der Waals surface area contributed by atoms with Gasteiger partial charge in [0.1, 0.15) is 8.07 Å². The van der Waals surface area contributed by atoms with Crippen molar-refractivity contribution in [1.82, 2.24) is 4.90 Å². The lowest BCUT2D eigenvalue weighted by Gasteiger charge is -2.33. The summed E-state index contributed by atoms with van der Waals surface area (Å²) < 4.78 is 0. The van der Waals surface area contributed by atoms with Gasteiger partial charge in [-0.2, -0.15) is 0 Å². The molecule has 0 bridgehead atoms. The molecule has 0 N–H and O–H groups in total. The lowest BCUT2D eigenvalue weighted by molar-refractivity contribution is 0.169. The van der Waals surface area contributed by atoms with Crippen LogP contribution in [-0.2, 0) is 0 Å². The fraction of sp³-hybridized carbons (Fsp3) is 0.800. The molecule has 0 aromatic carbocycles. The predicted molar refractivity (Wildman–Crippen MR) is 101 cm³/mol. The van der Waals surface area contributed by atoms with Crippen LogP contribution in [0.15, 0.2) is 12.7 Å². The molecule has 1 nitrogen and oxygen atoms in total. The van der Waals surface area contributed by atoms with E-state index < -0.39 is 8.07 Å². The Bertz CT molecular complexity index is 419. The highest BCUT2D eigenvalue weighted by Crippen LogP contribution is 2.40. The van der Waals surface area contributed by atoms with Crippen molar-refractivity contribution in [1.29, 1.82) is 0 Å². The zero-order chi connectivity index (χ0) is 16.2. The topological polar surface area (TPSA) is 3.24 Å². The average Bonchev–Trinajstić information content (AvgIpc) is 2.79. The summed E-state index contributed by atoms with van der Waals surface area (Å²) in [6.07, 6.45) is 13.1. The van der Waals surface area contributed by atoms with E-state index in [2.05, 4.69) is 55.7 Å². The average molecular weight is 318 g/mol. The molecule has 3 atom stereocenters. The second kappa shape index (κ2) is 7.84. The standard InChI is InChI=1S/C20H35NSi/c1-6-7-11-18-16-20(17-12-9-8-10-13-17)21(2)19(18)14-15-22(3,4)5/h6,17-20H,1,7-13,16H2,2-5H3/t18-,19-,20+/m1/s1. The lowest BCUT2D eigenvalue weighted by Crippen LogP contribution is -2.38. The summed E-state index contributed by atoms with van der Waals surface area (Å²) >= 11 is 0. The lowest BCUT2D eigenvalue weighted by atomic mass is 9.81. The van der Waals surface area contributed by atoms with Crippen molar-refractivity contribution < 1.29 is 0 Å². The van der Waals surface area contributed by atoms with Crippen LogP contribution in [0.3, 0.4) is 0 Å². The molecule has 22 heavy (non-hydrogen) atoms. The fourth-order valence-electron chi connectivity index (χ4n) is 4.31. The summed E-state index contributed by atoms with van der Waals surface area (Å²) in [4.78, 5) is 2.65. The summed E-state index contributed by atoms with van der Waals surface area (Å²) in [6, 6.07) is 1.26. The van der Waals surface area contributed by atoms with Gasteiger partial charge in [-0.3, -0.25) is 4.90 Å². The molecule has 2 rings (SSSR count). The van der Waals surface area contributed by atoms with Gasteiger partial charge in [0.25, 0.3) is 0 Å². The maximum Gasteiger partial charge on any atom is 0.129 e. The van der Waals surface area contributed by atoms with E-state index in [4.69, 9.17) is 0 Å². The van der Waals surface area contributed by atoms with E-state index in [0.717, 1.165) is 24.3 Å². The second-order valence-corrected chi connectivity index (χ2v) is 13.2. The van der Waals surface area contributed by atoms with Crippen molar-refractivity contribution in [3.8, 4) is 11.5 Å². The molecule has 0 unspecified atom stereocenters. The molecule has 1 aliphatic heterocycles. The molecule has 2 fully saturated rings.